The van der Waals surface area contributed by atoms with E-state index in [0.29, 0.717) is 19.5 Å². The number of carbonyl (C=O) groups is 3. The van der Waals surface area contributed by atoms with Crippen LogP contribution in [0.2, 0.25) is 0 Å². The number of hydrogen-bond donors (Lipinski definition) is 2. The standard InChI is InChI=1S/C14H23N3O4/c1-14(21)5-3-6-16(10-14)8-11(18)15-12(19)9-17-7-2-4-13(17)20/h21H,2-10H2,1H3,(H,15,18,19). The van der Waals surface area contributed by atoms with E-state index in [0.717, 1.165) is 25.8 Å². The Labute approximate surface area is 124 Å². The smallest absolute Gasteiger partial charge is 0.246 e. The average molecular weight is 297 g/mol. The summed E-state index contributed by atoms with van der Waals surface area (Å²) in [5, 5.41) is 12.3. The molecular weight excluding hydrogens is 274 g/mol. The number of carbonyl (C=O) groups excluding carboxylic acids is 3. The van der Waals surface area contributed by atoms with Crippen LogP contribution in [0.1, 0.15) is 32.6 Å². The van der Waals surface area contributed by atoms with E-state index in [4.69, 9.17) is 0 Å². The van der Waals surface area contributed by atoms with Gasteiger partial charge >= 0.3 is 0 Å². The molecule has 0 saturated carbocycles. The van der Waals surface area contributed by atoms with Crippen molar-refractivity contribution in [1.82, 2.24) is 15.1 Å². The van der Waals surface area contributed by atoms with E-state index >= 15 is 0 Å². The molecule has 0 aromatic rings. The van der Waals surface area contributed by atoms with Gasteiger partial charge < -0.3 is 10.0 Å². The second-order valence-electron chi connectivity index (χ2n) is 6.20. The van der Waals surface area contributed by atoms with Gasteiger partial charge in [0.05, 0.1) is 18.7 Å². The zero-order valence-corrected chi connectivity index (χ0v) is 12.4. The van der Waals surface area contributed by atoms with Gasteiger partial charge in [-0.15, -0.1) is 0 Å². The molecule has 118 valence electrons. The van der Waals surface area contributed by atoms with Crippen LogP contribution in [0.4, 0.5) is 0 Å². The van der Waals surface area contributed by atoms with Gasteiger partial charge in [0.15, 0.2) is 0 Å². The summed E-state index contributed by atoms with van der Waals surface area (Å²) in [6.07, 6.45) is 2.80. The summed E-state index contributed by atoms with van der Waals surface area (Å²) in [5.74, 6) is -0.868. The quantitative estimate of drug-likeness (QED) is 0.702. The highest BCUT2D eigenvalue weighted by molar-refractivity contribution is 5.98. The van der Waals surface area contributed by atoms with E-state index in [9.17, 15) is 19.5 Å². The Bertz CT molecular complexity index is 436. The van der Waals surface area contributed by atoms with Crippen LogP contribution in [0.5, 0.6) is 0 Å². The molecule has 21 heavy (non-hydrogen) atoms. The van der Waals surface area contributed by atoms with Crippen LogP contribution in [0.3, 0.4) is 0 Å². The molecular formula is C14H23N3O4. The average Bonchev–Trinajstić information content (AvgIpc) is 2.73. The van der Waals surface area contributed by atoms with E-state index in [1.54, 1.807) is 6.92 Å². The number of hydrogen-bond acceptors (Lipinski definition) is 5. The normalized spacial score (nSPS) is 27.0. The lowest BCUT2D eigenvalue weighted by Gasteiger charge is -2.36. The highest BCUT2D eigenvalue weighted by Crippen LogP contribution is 2.19. The first-order chi connectivity index (χ1) is 9.85. The summed E-state index contributed by atoms with van der Waals surface area (Å²) in [6.45, 7) is 3.54. The van der Waals surface area contributed by atoms with E-state index in [1.807, 2.05) is 4.90 Å². The molecule has 0 radical (unpaired) electrons. The molecule has 1 atom stereocenters. The van der Waals surface area contributed by atoms with Gasteiger partial charge in [-0.1, -0.05) is 0 Å². The van der Waals surface area contributed by atoms with Crippen LogP contribution in [-0.2, 0) is 14.4 Å². The molecule has 7 nitrogen and oxygen atoms in total. The largest absolute Gasteiger partial charge is 0.389 e. The molecule has 2 N–H and O–H groups in total. The summed E-state index contributed by atoms with van der Waals surface area (Å²) in [7, 11) is 0. The maximum absolute atomic E-state index is 11.8. The molecule has 2 aliphatic rings. The number of aliphatic hydroxyl groups is 1. The number of β-amino-alcohol motifs (C(OH)–C–C–N with tert-alkyl or cyclic N) is 1. The summed E-state index contributed by atoms with van der Waals surface area (Å²) in [5.41, 5.74) is -0.773. The first-order valence-corrected chi connectivity index (χ1v) is 7.41. The molecule has 3 amide bonds. The van der Waals surface area contributed by atoms with Crippen LogP contribution in [0, 0.1) is 0 Å². The molecule has 2 rings (SSSR count). The van der Waals surface area contributed by atoms with Gasteiger partial charge in [0.2, 0.25) is 17.7 Å². The molecule has 0 aromatic carbocycles. The SMILES string of the molecule is CC1(O)CCCN(CC(=O)NC(=O)CN2CCCC2=O)C1. The van der Waals surface area contributed by atoms with Crippen LogP contribution in [-0.4, -0.2) is 71.0 Å². The first kappa shape index (κ1) is 15.9. The number of nitrogens with zero attached hydrogens (tertiary/aromatic N) is 2. The molecule has 2 aliphatic heterocycles. The Morgan fingerprint density at radius 1 is 1.24 bits per heavy atom. The minimum atomic E-state index is -0.773. The number of rotatable bonds is 4. The molecule has 7 heteroatoms. The Balaban J connectivity index is 1.73. The molecule has 2 heterocycles. The maximum Gasteiger partial charge on any atom is 0.246 e. The molecule has 0 spiro atoms. The third-order valence-electron chi connectivity index (χ3n) is 3.91. The first-order valence-electron chi connectivity index (χ1n) is 7.41. The molecule has 0 aromatic heterocycles. The second kappa shape index (κ2) is 6.53. The van der Waals surface area contributed by atoms with Crippen molar-refractivity contribution < 1.29 is 19.5 Å². The van der Waals surface area contributed by atoms with Crippen LogP contribution in [0.15, 0.2) is 0 Å². The van der Waals surface area contributed by atoms with Gasteiger partial charge in [-0.25, -0.2) is 0 Å². The van der Waals surface area contributed by atoms with Crippen molar-refractivity contribution >= 4 is 17.7 Å². The lowest BCUT2D eigenvalue weighted by Crippen LogP contribution is -2.50. The predicted molar refractivity (Wildman–Crippen MR) is 75.3 cm³/mol. The minimum absolute atomic E-state index is 0.0373. The zero-order valence-electron chi connectivity index (χ0n) is 12.4. The minimum Gasteiger partial charge on any atom is -0.389 e. The molecule has 0 bridgehead atoms. The second-order valence-corrected chi connectivity index (χ2v) is 6.20. The van der Waals surface area contributed by atoms with Gasteiger partial charge in [0.25, 0.3) is 0 Å². The lowest BCUT2D eigenvalue weighted by molar-refractivity contribution is -0.136. The third-order valence-corrected chi connectivity index (χ3v) is 3.91. The number of nitrogens with one attached hydrogen (secondary N) is 1. The van der Waals surface area contributed by atoms with Crippen molar-refractivity contribution in [1.29, 1.82) is 0 Å². The van der Waals surface area contributed by atoms with Crippen molar-refractivity contribution in [2.75, 3.05) is 32.7 Å². The maximum atomic E-state index is 11.8. The van der Waals surface area contributed by atoms with Crippen LogP contribution in [0.25, 0.3) is 0 Å². The zero-order chi connectivity index (χ0) is 15.5. The van der Waals surface area contributed by atoms with E-state index in [1.165, 1.54) is 4.90 Å². The van der Waals surface area contributed by atoms with E-state index in [2.05, 4.69) is 5.32 Å². The van der Waals surface area contributed by atoms with Gasteiger partial charge in [0.1, 0.15) is 0 Å². The van der Waals surface area contributed by atoms with Gasteiger partial charge in [-0.2, -0.15) is 0 Å². The van der Waals surface area contributed by atoms with Crippen molar-refractivity contribution in [2.45, 2.75) is 38.2 Å². The van der Waals surface area contributed by atoms with Crippen LogP contribution >= 0.6 is 0 Å². The van der Waals surface area contributed by atoms with E-state index < -0.39 is 11.5 Å². The summed E-state index contributed by atoms with van der Waals surface area (Å²) in [6, 6.07) is 0. The van der Waals surface area contributed by atoms with Crippen molar-refractivity contribution in [3.05, 3.63) is 0 Å². The number of amides is 3. The van der Waals surface area contributed by atoms with Gasteiger partial charge in [-0.3, -0.25) is 24.6 Å². The highest BCUT2D eigenvalue weighted by atomic mass is 16.3. The summed E-state index contributed by atoms with van der Waals surface area (Å²) in [4.78, 5) is 38.3. The van der Waals surface area contributed by atoms with Gasteiger partial charge in [0, 0.05) is 19.5 Å². The Morgan fingerprint density at radius 3 is 2.57 bits per heavy atom. The highest BCUT2D eigenvalue weighted by Gasteiger charge is 2.29. The fourth-order valence-corrected chi connectivity index (χ4v) is 2.94. The Kier molecular flexibility index (Phi) is 4.95. The van der Waals surface area contributed by atoms with Crippen molar-refractivity contribution in [2.24, 2.45) is 0 Å². The Hall–Kier alpha value is -1.47. The molecule has 2 saturated heterocycles. The fourth-order valence-electron chi connectivity index (χ4n) is 2.94. The summed E-state index contributed by atoms with van der Waals surface area (Å²) >= 11 is 0. The summed E-state index contributed by atoms with van der Waals surface area (Å²) < 4.78 is 0. The van der Waals surface area contributed by atoms with Crippen molar-refractivity contribution in [3.63, 3.8) is 0 Å². The number of likely N-dealkylation sites (tertiary alicyclic amines) is 2. The number of imide groups is 1. The monoisotopic (exact) mass is 297 g/mol. The molecule has 1 unspecified atom stereocenters. The lowest BCUT2D eigenvalue weighted by atomic mass is 9.95. The van der Waals surface area contributed by atoms with Crippen molar-refractivity contribution in [3.8, 4) is 0 Å². The fraction of sp³-hybridized carbons (Fsp3) is 0.786. The molecule has 0 aliphatic carbocycles. The molecule has 2 fully saturated rings. The predicted octanol–water partition coefficient (Wildman–Crippen LogP) is -0.902. The van der Waals surface area contributed by atoms with E-state index in [-0.39, 0.29) is 24.9 Å². The Morgan fingerprint density at radius 2 is 1.95 bits per heavy atom. The third kappa shape index (κ3) is 4.78. The topological polar surface area (TPSA) is 89.9 Å². The number of piperidine rings is 1. The van der Waals surface area contributed by atoms with Gasteiger partial charge in [-0.05, 0) is 32.7 Å². The van der Waals surface area contributed by atoms with Crippen LogP contribution < -0.4 is 5.32 Å².